The van der Waals surface area contributed by atoms with E-state index in [0.717, 1.165) is 39.3 Å². The molecule has 1 aromatic rings. The van der Waals surface area contributed by atoms with E-state index in [1.807, 2.05) is 0 Å². The Balaban J connectivity index is -0.000000156. The summed E-state index contributed by atoms with van der Waals surface area (Å²) in [4.78, 5) is 0. The van der Waals surface area contributed by atoms with Gasteiger partial charge in [-0.2, -0.15) is 0 Å². The molecule has 0 aliphatic rings. The first kappa shape index (κ1) is 38.9. The van der Waals surface area contributed by atoms with Crippen LogP contribution in [0.15, 0.2) is 24.3 Å². The van der Waals surface area contributed by atoms with Crippen LogP contribution in [0, 0.1) is 0 Å². The van der Waals surface area contributed by atoms with Crippen LogP contribution in [0.25, 0.3) is 16.0 Å². The fraction of sp³-hybridized carbons (Fsp3) is 0.808. The Hall–Kier alpha value is 0.656. The van der Waals surface area contributed by atoms with E-state index in [1.54, 1.807) is 4.40 Å². The topological polar surface area (TPSA) is 42.3 Å². The summed E-state index contributed by atoms with van der Waals surface area (Å²) in [6, 6.07) is 8.76. The summed E-state index contributed by atoms with van der Waals surface area (Å²) in [6.45, 7) is 19.2. The maximum absolute atomic E-state index is 4.21. The smallest absolute Gasteiger partial charge is 4.00 e. The van der Waals surface area contributed by atoms with Crippen molar-refractivity contribution in [2.24, 2.45) is 0 Å². The maximum Gasteiger partial charge on any atom is 4.00 e. The second-order valence-electron chi connectivity index (χ2n) is 8.44. The van der Waals surface area contributed by atoms with Crippen molar-refractivity contribution < 1.29 is 26.2 Å². The summed E-state index contributed by atoms with van der Waals surface area (Å²) in [5.74, 6) is 7.24. The van der Waals surface area contributed by atoms with Gasteiger partial charge < -0.3 is 16.0 Å². The minimum Gasteiger partial charge on any atom is 4.00 e. The predicted molar refractivity (Wildman–Crippen MR) is 146 cm³/mol. The molecule has 0 radical (unpaired) electrons. The van der Waals surface area contributed by atoms with Gasteiger partial charge in [-0.15, -0.1) is 39.3 Å². The van der Waals surface area contributed by atoms with Gasteiger partial charge in [0, 0.05) is 0 Å². The van der Waals surface area contributed by atoms with Crippen LogP contribution < -0.4 is 4.40 Å². The number of hydrogen-bond acceptors (Lipinski definition) is 0. The van der Waals surface area contributed by atoms with Gasteiger partial charge in [0.05, 0.1) is 0 Å². The quantitative estimate of drug-likeness (QED) is 0.129. The molecule has 0 saturated heterocycles. The van der Waals surface area contributed by atoms with Gasteiger partial charge in [-0.05, 0) is 0 Å². The van der Waals surface area contributed by atoms with Crippen LogP contribution in [0.3, 0.4) is 0 Å². The first-order chi connectivity index (χ1) is 14.3. The molecule has 31 heavy (non-hydrogen) atoms. The van der Waals surface area contributed by atoms with Crippen molar-refractivity contribution in [2.45, 2.75) is 97.3 Å². The molecule has 0 aliphatic carbocycles. The van der Waals surface area contributed by atoms with Crippen LogP contribution in [-0.2, 0) is 26.2 Å². The maximum atomic E-state index is 4.21. The van der Waals surface area contributed by atoms with E-state index in [9.17, 15) is 0 Å². The largest absolute Gasteiger partial charge is 4.00 e. The predicted octanol–water partition coefficient (Wildman–Crippen LogP) is 8.49. The van der Waals surface area contributed by atoms with Crippen LogP contribution in [0.2, 0.25) is 17.3 Å². The summed E-state index contributed by atoms with van der Waals surface area (Å²) in [7, 11) is 0. The Morgan fingerprint density at radius 3 is 0.871 bits per heavy atom. The average Bonchev–Trinajstić information content (AvgIpc) is 3.26. The summed E-state index contributed by atoms with van der Waals surface area (Å²) in [5, 5.41) is 12.6. The van der Waals surface area contributed by atoms with Gasteiger partial charge in [-0.25, -0.2) is 0 Å². The van der Waals surface area contributed by atoms with Gasteiger partial charge in [0.1, 0.15) is 0 Å². The Bertz CT molecular complexity index is 343. The van der Waals surface area contributed by atoms with Gasteiger partial charge in [0.25, 0.3) is 0 Å². The molecule has 0 unspecified atom stereocenters. The monoisotopic (exact) mass is 573 g/mol. The fourth-order valence-electron chi connectivity index (χ4n) is 2.16. The van der Waals surface area contributed by atoms with Crippen LogP contribution >= 0.6 is 0 Å². The van der Waals surface area contributed by atoms with Crippen molar-refractivity contribution in [1.29, 1.82) is 0 Å². The first-order valence-corrected chi connectivity index (χ1v) is 19.8. The zero-order valence-corrected chi connectivity index (χ0v) is 27.2. The molecule has 0 spiro atoms. The van der Waals surface area contributed by atoms with Crippen molar-refractivity contribution in [1.82, 2.24) is 0 Å². The summed E-state index contributed by atoms with van der Waals surface area (Å²) < 4.78 is 1.61. The van der Waals surface area contributed by atoms with Crippen molar-refractivity contribution in [3.05, 3.63) is 40.2 Å². The molecule has 0 N–H and O–H groups in total. The molecule has 0 fully saturated rings. The minimum absolute atomic E-state index is 0. The van der Waals surface area contributed by atoms with Gasteiger partial charge in [0.15, 0.2) is 0 Å². The van der Waals surface area contributed by atoms with E-state index in [0.29, 0.717) is 0 Å². The van der Waals surface area contributed by atoms with E-state index in [4.69, 9.17) is 0 Å². The van der Waals surface area contributed by atoms with Crippen LogP contribution in [0.4, 0.5) is 0 Å². The molecule has 0 atom stereocenters. The van der Waals surface area contributed by atoms with E-state index in [-0.39, 0.29) is 26.2 Å². The SMILES string of the molecule is CCC[N-]CCC.CCC[N-]CCC.CCC[N-]CCC.[CH3][Ge]([CH3])([CH3])[c-]1cccc1.[Zr+4]. The molecule has 182 valence electrons. The average molecular weight is 574 g/mol. The number of hydrogen-bond donors (Lipinski definition) is 0. The Labute approximate surface area is 219 Å². The summed E-state index contributed by atoms with van der Waals surface area (Å²) >= 11 is -1.44. The molecular formula is C26H55GeN3Zr. The third kappa shape index (κ3) is 38.2. The zero-order chi connectivity index (χ0) is 23.5. The molecule has 3 nitrogen and oxygen atoms in total. The molecule has 5 heteroatoms. The molecule has 1 aromatic carbocycles. The molecule has 0 bridgehead atoms. The fourth-order valence-corrected chi connectivity index (χ4v) is 4.66. The first-order valence-electron chi connectivity index (χ1n) is 12.5. The Morgan fingerprint density at radius 1 is 0.516 bits per heavy atom. The van der Waals surface area contributed by atoms with Gasteiger partial charge >= 0.3 is 85.4 Å². The van der Waals surface area contributed by atoms with Gasteiger partial charge in [-0.3, -0.25) is 0 Å². The Kier molecular flexibility index (Phi) is 41.2. The third-order valence-corrected chi connectivity index (χ3v) is 8.15. The van der Waals surface area contributed by atoms with Gasteiger partial charge in [-0.1, -0.05) is 80.1 Å². The van der Waals surface area contributed by atoms with Crippen LogP contribution in [0.5, 0.6) is 0 Å². The second kappa shape index (κ2) is 32.8. The van der Waals surface area contributed by atoms with Crippen molar-refractivity contribution in [3.63, 3.8) is 0 Å². The van der Waals surface area contributed by atoms with E-state index in [1.165, 1.54) is 38.5 Å². The van der Waals surface area contributed by atoms with E-state index < -0.39 is 13.3 Å². The summed E-state index contributed by atoms with van der Waals surface area (Å²) in [6.07, 6.45) is 7.17. The zero-order valence-electron chi connectivity index (χ0n) is 22.6. The molecule has 1 rings (SSSR count). The Morgan fingerprint density at radius 2 is 0.742 bits per heavy atom. The molecule has 0 aromatic heterocycles. The van der Waals surface area contributed by atoms with Gasteiger partial charge in [0.2, 0.25) is 0 Å². The van der Waals surface area contributed by atoms with E-state index >= 15 is 0 Å². The van der Waals surface area contributed by atoms with Crippen molar-refractivity contribution in [3.8, 4) is 0 Å². The van der Waals surface area contributed by atoms with Crippen LogP contribution in [0.1, 0.15) is 80.1 Å². The third-order valence-electron chi connectivity index (χ3n) is 3.82. The number of rotatable bonds is 13. The van der Waals surface area contributed by atoms with Crippen LogP contribution in [-0.4, -0.2) is 52.5 Å². The minimum atomic E-state index is -1.44. The second-order valence-corrected chi connectivity index (χ2v) is 19.1. The molecule has 0 saturated carbocycles. The number of nitrogens with zero attached hydrogens (tertiary/aromatic N) is 3. The summed E-state index contributed by atoms with van der Waals surface area (Å²) in [5.41, 5.74) is 0. The molecule has 0 heterocycles. The van der Waals surface area contributed by atoms with Crippen molar-refractivity contribution in [2.75, 3.05) is 39.3 Å². The van der Waals surface area contributed by atoms with E-state index in [2.05, 4.69) is 99.0 Å². The normalized spacial score (nSPS) is 9.84. The molecular weight excluding hydrogens is 518 g/mol. The molecule has 0 amide bonds. The van der Waals surface area contributed by atoms with Crippen molar-refractivity contribution >= 4 is 17.7 Å². The standard InChI is InChI=1S/C8H13Ge.3C6H14N.Zr/c1-9(2,3)8-6-4-5-7-8;3*1-3-5-7-6-4-2;/h4-7H,1-3H3;3*3-6H2,1-2H3;/q4*-1;+4. The molecule has 0 aliphatic heterocycles.